The summed E-state index contributed by atoms with van der Waals surface area (Å²) < 4.78 is 5.49. The molecule has 1 saturated heterocycles. The molecule has 4 heteroatoms. The fourth-order valence-electron chi connectivity index (χ4n) is 1.88. The number of benzene rings is 1. The van der Waals surface area contributed by atoms with E-state index in [0.717, 1.165) is 31.7 Å². The van der Waals surface area contributed by atoms with Crippen LogP contribution in [0.2, 0.25) is 0 Å². The van der Waals surface area contributed by atoms with Gasteiger partial charge in [0, 0.05) is 13.1 Å². The Balaban J connectivity index is 1.61. The maximum absolute atomic E-state index is 11.6. The van der Waals surface area contributed by atoms with E-state index < -0.39 is 0 Å². The lowest BCUT2D eigenvalue weighted by Gasteiger charge is -2.16. The van der Waals surface area contributed by atoms with Gasteiger partial charge in [0.15, 0.2) is 0 Å². The van der Waals surface area contributed by atoms with Crippen LogP contribution in [0.25, 0.3) is 0 Å². The molecule has 0 spiro atoms. The fourth-order valence-corrected chi connectivity index (χ4v) is 1.88. The largest absolute Gasteiger partial charge is 0.492 e. The van der Waals surface area contributed by atoms with Crippen molar-refractivity contribution in [2.24, 2.45) is 0 Å². The minimum absolute atomic E-state index is 0.0270. The highest BCUT2D eigenvalue weighted by atomic mass is 16.5. The van der Waals surface area contributed by atoms with E-state index in [4.69, 9.17) is 4.74 Å². The summed E-state index contributed by atoms with van der Waals surface area (Å²) >= 11 is 0. The number of nitrogens with zero attached hydrogens (tertiary/aromatic N) is 1. The van der Waals surface area contributed by atoms with Gasteiger partial charge in [0.25, 0.3) is 0 Å². The predicted molar refractivity (Wildman–Crippen MR) is 66.1 cm³/mol. The molecule has 0 atom stereocenters. The summed E-state index contributed by atoms with van der Waals surface area (Å²) in [4.78, 5) is 13.5. The van der Waals surface area contributed by atoms with Crippen molar-refractivity contribution in [3.63, 3.8) is 0 Å². The number of amides is 2. The molecule has 1 N–H and O–H groups in total. The highest BCUT2D eigenvalue weighted by molar-refractivity contribution is 5.74. The van der Waals surface area contributed by atoms with Crippen molar-refractivity contribution < 1.29 is 9.53 Å². The number of rotatable bonds is 4. The predicted octanol–water partition coefficient (Wildman–Crippen LogP) is 1.87. The lowest BCUT2D eigenvalue weighted by molar-refractivity contribution is 0.205. The Morgan fingerprint density at radius 3 is 2.65 bits per heavy atom. The molecule has 4 nitrogen and oxygen atoms in total. The Labute approximate surface area is 102 Å². The van der Waals surface area contributed by atoms with E-state index in [2.05, 4.69) is 5.32 Å². The van der Waals surface area contributed by atoms with Gasteiger partial charge in [-0.05, 0) is 25.0 Å². The zero-order chi connectivity index (χ0) is 11.9. The van der Waals surface area contributed by atoms with E-state index in [1.54, 1.807) is 0 Å². The first-order chi connectivity index (χ1) is 8.36. The number of urea groups is 1. The number of ether oxygens (including phenoxy) is 1. The van der Waals surface area contributed by atoms with Crippen molar-refractivity contribution in [3.05, 3.63) is 30.3 Å². The van der Waals surface area contributed by atoms with Crippen molar-refractivity contribution in [2.75, 3.05) is 26.2 Å². The van der Waals surface area contributed by atoms with Gasteiger partial charge in [0.05, 0.1) is 6.54 Å². The third-order valence-corrected chi connectivity index (χ3v) is 2.78. The molecule has 0 unspecified atom stereocenters. The number of hydrogen-bond acceptors (Lipinski definition) is 2. The first kappa shape index (κ1) is 11.8. The van der Waals surface area contributed by atoms with Crippen molar-refractivity contribution in [1.82, 2.24) is 10.2 Å². The van der Waals surface area contributed by atoms with Crippen LogP contribution < -0.4 is 10.1 Å². The van der Waals surface area contributed by atoms with E-state index in [-0.39, 0.29) is 6.03 Å². The van der Waals surface area contributed by atoms with Crippen LogP contribution in [0.3, 0.4) is 0 Å². The summed E-state index contributed by atoms with van der Waals surface area (Å²) in [6.45, 7) is 2.81. The summed E-state index contributed by atoms with van der Waals surface area (Å²) in [6, 6.07) is 9.64. The van der Waals surface area contributed by atoms with Crippen LogP contribution in [-0.4, -0.2) is 37.2 Å². The molecule has 0 radical (unpaired) electrons. The molecule has 0 saturated carbocycles. The smallest absolute Gasteiger partial charge is 0.317 e. The third kappa shape index (κ3) is 3.66. The van der Waals surface area contributed by atoms with Gasteiger partial charge < -0.3 is 15.0 Å². The van der Waals surface area contributed by atoms with Gasteiger partial charge in [0.1, 0.15) is 12.4 Å². The Bertz CT molecular complexity index is 348. The molecule has 1 aromatic carbocycles. The van der Waals surface area contributed by atoms with E-state index in [0.29, 0.717) is 13.2 Å². The molecular weight excluding hydrogens is 216 g/mol. The second-order valence-electron chi connectivity index (χ2n) is 4.09. The normalized spacial score (nSPS) is 14.7. The number of carbonyl (C=O) groups excluding carboxylic acids is 1. The van der Waals surface area contributed by atoms with Crippen LogP contribution in [0.5, 0.6) is 5.75 Å². The maximum atomic E-state index is 11.6. The Morgan fingerprint density at radius 1 is 1.24 bits per heavy atom. The molecule has 1 aliphatic rings. The molecule has 1 fully saturated rings. The van der Waals surface area contributed by atoms with Gasteiger partial charge in [-0.25, -0.2) is 4.79 Å². The zero-order valence-corrected chi connectivity index (χ0v) is 9.89. The standard InChI is InChI=1S/C13H18N2O2/c16-13(15-9-4-5-10-15)14-8-11-17-12-6-2-1-3-7-12/h1-3,6-7H,4-5,8-11H2,(H,14,16). The highest BCUT2D eigenvalue weighted by Gasteiger charge is 2.16. The molecule has 0 aromatic heterocycles. The molecule has 1 heterocycles. The molecule has 2 amide bonds. The lowest BCUT2D eigenvalue weighted by Crippen LogP contribution is -2.39. The van der Waals surface area contributed by atoms with Crippen LogP contribution in [0, 0.1) is 0 Å². The lowest BCUT2D eigenvalue weighted by atomic mass is 10.3. The number of likely N-dealkylation sites (tertiary alicyclic amines) is 1. The third-order valence-electron chi connectivity index (χ3n) is 2.78. The molecule has 0 aliphatic carbocycles. The molecule has 0 bridgehead atoms. The van der Waals surface area contributed by atoms with Crippen molar-refractivity contribution in [2.45, 2.75) is 12.8 Å². The van der Waals surface area contributed by atoms with Crippen molar-refractivity contribution in [3.8, 4) is 5.75 Å². The average Bonchev–Trinajstić information content (AvgIpc) is 2.89. The SMILES string of the molecule is O=C(NCCOc1ccccc1)N1CCCC1. The van der Waals surface area contributed by atoms with Gasteiger partial charge in [-0.3, -0.25) is 0 Å². The van der Waals surface area contributed by atoms with E-state index in [1.807, 2.05) is 35.2 Å². The summed E-state index contributed by atoms with van der Waals surface area (Å²) in [5.41, 5.74) is 0. The van der Waals surface area contributed by atoms with Gasteiger partial charge in [-0.2, -0.15) is 0 Å². The molecular formula is C13H18N2O2. The second-order valence-corrected chi connectivity index (χ2v) is 4.09. The van der Waals surface area contributed by atoms with E-state index in [9.17, 15) is 4.79 Å². The average molecular weight is 234 g/mol. The molecule has 2 rings (SSSR count). The van der Waals surface area contributed by atoms with Gasteiger partial charge >= 0.3 is 6.03 Å². The number of hydrogen-bond donors (Lipinski definition) is 1. The van der Waals surface area contributed by atoms with Crippen molar-refractivity contribution >= 4 is 6.03 Å². The molecule has 1 aliphatic heterocycles. The minimum Gasteiger partial charge on any atom is -0.492 e. The first-order valence-corrected chi connectivity index (χ1v) is 6.07. The second kappa shape index (κ2) is 6.13. The van der Waals surface area contributed by atoms with Gasteiger partial charge in [0.2, 0.25) is 0 Å². The first-order valence-electron chi connectivity index (χ1n) is 6.07. The van der Waals surface area contributed by atoms with Crippen LogP contribution in [-0.2, 0) is 0 Å². The summed E-state index contributed by atoms with van der Waals surface area (Å²) in [5, 5.41) is 2.86. The van der Waals surface area contributed by atoms with Crippen LogP contribution in [0.15, 0.2) is 30.3 Å². The summed E-state index contributed by atoms with van der Waals surface area (Å²) in [6.07, 6.45) is 2.24. The Kier molecular flexibility index (Phi) is 4.24. The zero-order valence-electron chi connectivity index (χ0n) is 9.89. The van der Waals surface area contributed by atoms with E-state index in [1.165, 1.54) is 0 Å². The van der Waals surface area contributed by atoms with Crippen molar-refractivity contribution in [1.29, 1.82) is 0 Å². The number of nitrogens with one attached hydrogen (secondary N) is 1. The quantitative estimate of drug-likeness (QED) is 0.808. The fraction of sp³-hybridized carbons (Fsp3) is 0.462. The van der Waals surface area contributed by atoms with Crippen LogP contribution in [0.4, 0.5) is 4.79 Å². The minimum atomic E-state index is 0.0270. The maximum Gasteiger partial charge on any atom is 0.317 e. The Morgan fingerprint density at radius 2 is 1.94 bits per heavy atom. The Hall–Kier alpha value is -1.71. The molecule has 1 aromatic rings. The molecule has 17 heavy (non-hydrogen) atoms. The molecule has 92 valence electrons. The highest BCUT2D eigenvalue weighted by Crippen LogP contribution is 2.08. The van der Waals surface area contributed by atoms with Gasteiger partial charge in [-0.1, -0.05) is 18.2 Å². The topological polar surface area (TPSA) is 41.6 Å². The van der Waals surface area contributed by atoms with Gasteiger partial charge in [-0.15, -0.1) is 0 Å². The summed E-state index contributed by atoms with van der Waals surface area (Å²) in [5.74, 6) is 0.836. The van der Waals surface area contributed by atoms with Crippen LogP contribution in [0.1, 0.15) is 12.8 Å². The number of carbonyl (C=O) groups is 1. The number of para-hydroxylation sites is 1. The van der Waals surface area contributed by atoms with Crippen LogP contribution >= 0.6 is 0 Å². The summed E-state index contributed by atoms with van der Waals surface area (Å²) in [7, 11) is 0. The monoisotopic (exact) mass is 234 g/mol. The van der Waals surface area contributed by atoms with E-state index >= 15 is 0 Å².